The number of hydrogen-bond acceptors (Lipinski definition) is 2. The predicted molar refractivity (Wildman–Crippen MR) is 74.7 cm³/mol. The summed E-state index contributed by atoms with van der Waals surface area (Å²) in [5.74, 6) is -1.47. The second kappa shape index (κ2) is 5.60. The zero-order chi connectivity index (χ0) is 14.9. The van der Waals surface area contributed by atoms with Crippen molar-refractivity contribution in [2.24, 2.45) is 11.3 Å². The van der Waals surface area contributed by atoms with E-state index in [0.717, 1.165) is 31.6 Å². The Kier molecular flexibility index (Phi) is 4.23. The molecule has 0 bridgehead atoms. The molecule has 1 heterocycles. The average Bonchev–Trinajstić information content (AvgIpc) is 2.81. The Balaban J connectivity index is 1.97. The first-order valence-electron chi connectivity index (χ1n) is 6.98. The van der Waals surface area contributed by atoms with Crippen LogP contribution < -0.4 is 0 Å². The molecule has 1 fully saturated rings. The normalized spacial score (nSPS) is 20.4. The molecule has 1 atom stereocenters. The van der Waals surface area contributed by atoms with Crippen LogP contribution in [0.5, 0.6) is 0 Å². The molecule has 0 aromatic heterocycles. The molecule has 0 radical (unpaired) electrons. The highest BCUT2D eigenvalue weighted by Gasteiger charge is 2.32. The van der Waals surface area contributed by atoms with Gasteiger partial charge in [-0.15, -0.1) is 0 Å². The number of carbonyl (C=O) groups is 1. The summed E-state index contributed by atoms with van der Waals surface area (Å²) in [4.78, 5) is 14.2. The van der Waals surface area contributed by atoms with E-state index in [4.69, 9.17) is 0 Å². The third-order valence-corrected chi connectivity index (χ3v) is 4.11. The van der Waals surface area contributed by atoms with Crippen LogP contribution in [0.15, 0.2) is 18.2 Å². The molecule has 1 saturated heterocycles. The first kappa shape index (κ1) is 15.1. The molecule has 1 aromatic carbocycles. The zero-order valence-electron chi connectivity index (χ0n) is 12.2. The minimum atomic E-state index is -0.968. The highest BCUT2D eigenvalue weighted by atomic mass is 19.2. The van der Waals surface area contributed by atoms with Crippen LogP contribution in [-0.2, 0) is 0 Å². The highest BCUT2D eigenvalue weighted by molar-refractivity contribution is 5.97. The number of likely N-dealkylation sites (tertiary alicyclic amines) is 1. The van der Waals surface area contributed by atoms with Gasteiger partial charge in [0.15, 0.2) is 17.4 Å². The summed E-state index contributed by atoms with van der Waals surface area (Å²) in [5, 5.41) is 0. The Hall–Kier alpha value is -1.29. The first-order valence-corrected chi connectivity index (χ1v) is 6.98. The Morgan fingerprint density at radius 1 is 1.30 bits per heavy atom. The van der Waals surface area contributed by atoms with Crippen LogP contribution in [0, 0.1) is 23.0 Å². The van der Waals surface area contributed by atoms with Crippen molar-refractivity contribution in [1.82, 2.24) is 4.90 Å². The van der Waals surface area contributed by atoms with Gasteiger partial charge in [0, 0.05) is 12.1 Å². The van der Waals surface area contributed by atoms with E-state index in [9.17, 15) is 13.6 Å². The Bertz CT molecular complexity index is 508. The summed E-state index contributed by atoms with van der Waals surface area (Å²) in [7, 11) is 0. The monoisotopic (exact) mass is 281 g/mol. The van der Waals surface area contributed by atoms with Gasteiger partial charge in [-0.2, -0.15) is 0 Å². The van der Waals surface area contributed by atoms with Crippen LogP contribution in [-0.4, -0.2) is 30.3 Å². The van der Waals surface area contributed by atoms with Gasteiger partial charge in [0.05, 0.1) is 6.54 Å². The molecular formula is C16H21F2NO. The second-order valence-electron chi connectivity index (χ2n) is 6.64. The van der Waals surface area contributed by atoms with Gasteiger partial charge in [-0.3, -0.25) is 9.69 Å². The number of benzene rings is 1. The van der Waals surface area contributed by atoms with Crippen LogP contribution in [0.25, 0.3) is 0 Å². The van der Waals surface area contributed by atoms with E-state index in [1.165, 1.54) is 6.07 Å². The van der Waals surface area contributed by atoms with Crippen molar-refractivity contribution in [3.63, 3.8) is 0 Å². The fourth-order valence-corrected chi connectivity index (χ4v) is 2.65. The van der Waals surface area contributed by atoms with E-state index in [2.05, 4.69) is 25.7 Å². The number of halogens is 2. The smallest absolute Gasteiger partial charge is 0.176 e. The van der Waals surface area contributed by atoms with Crippen LogP contribution in [0.4, 0.5) is 8.78 Å². The minimum absolute atomic E-state index is 0.154. The van der Waals surface area contributed by atoms with Gasteiger partial charge >= 0.3 is 0 Å². The van der Waals surface area contributed by atoms with E-state index < -0.39 is 11.6 Å². The third-order valence-electron chi connectivity index (χ3n) is 4.11. The molecule has 0 amide bonds. The largest absolute Gasteiger partial charge is 0.295 e. The van der Waals surface area contributed by atoms with Crippen LogP contribution in [0.1, 0.15) is 37.6 Å². The second-order valence-corrected chi connectivity index (χ2v) is 6.64. The summed E-state index contributed by atoms with van der Waals surface area (Å²) in [5.41, 5.74) is 0.475. The number of nitrogens with zero attached hydrogens (tertiary/aromatic N) is 1. The Morgan fingerprint density at radius 3 is 2.55 bits per heavy atom. The highest BCUT2D eigenvalue weighted by Crippen LogP contribution is 2.33. The van der Waals surface area contributed by atoms with Crippen LogP contribution in [0.3, 0.4) is 0 Å². The summed E-state index contributed by atoms with van der Waals surface area (Å²) in [6, 6.07) is 3.33. The third kappa shape index (κ3) is 3.42. The molecule has 0 spiro atoms. The van der Waals surface area contributed by atoms with E-state index in [-0.39, 0.29) is 23.3 Å². The van der Waals surface area contributed by atoms with E-state index in [1.807, 2.05) is 0 Å². The maximum Gasteiger partial charge on any atom is 0.176 e. The minimum Gasteiger partial charge on any atom is -0.295 e. The molecule has 1 aliphatic heterocycles. The number of hydrogen-bond donors (Lipinski definition) is 0. The Labute approximate surface area is 118 Å². The van der Waals surface area contributed by atoms with Crippen molar-refractivity contribution < 1.29 is 13.6 Å². The summed E-state index contributed by atoms with van der Waals surface area (Å²) < 4.78 is 26.0. The van der Waals surface area contributed by atoms with Gasteiger partial charge < -0.3 is 0 Å². The van der Waals surface area contributed by atoms with Crippen molar-refractivity contribution in [3.05, 3.63) is 35.4 Å². The molecular weight excluding hydrogens is 260 g/mol. The van der Waals surface area contributed by atoms with Crippen LogP contribution in [0.2, 0.25) is 0 Å². The lowest BCUT2D eigenvalue weighted by atomic mass is 9.80. The van der Waals surface area contributed by atoms with Gasteiger partial charge in [0.1, 0.15) is 0 Å². The van der Waals surface area contributed by atoms with Crippen molar-refractivity contribution in [3.8, 4) is 0 Å². The fourth-order valence-electron chi connectivity index (χ4n) is 2.65. The topological polar surface area (TPSA) is 20.3 Å². The van der Waals surface area contributed by atoms with Gasteiger partial charge in [-0.25, -0.2) is 8.78 Å². The molecule has 0 N–H and O–H groups in total. The van der Waals surface area contributed by atoms with E-state index >= 15 is 0 Å². The van der Waals surface area contributed by atoms with Gasteiger partial charge in [-0.05, 0) is 42.5 Å². The number of carbonyl (C=O) groups excluding carboxylic acids is 1. The summed E-state index contributed by atoms with van der Waals surface area (Å²) in [6.07, 6.45) is 1.08. The van der Waals surface area contributed by atoms with E-state index in [1.54, 1.807) is 0 Å². The number of rotatable bonds is 3. The molecule has 0 saturated carbocycles. The lowest BCUT2D eigenvalue weighted by molar-refractivity contribution is 0.0937. The lowest BCUT2D eigenvalue weighted by Gasteiger charge is -2.27. The Morgan fingerprint density at radius 2 is 2.00 bits per heavy atom. The van der Waals surface area contributed by atoms with Gasteiger partial charge in [0.25, 0.3) is 0 Å². The molecule has 0 aliphatic carbocycles. The van der Waals surface area contributed by atoms with Crippen molar-refractivity contribution >= 4 is 5.78 Å². The van der Waals surface area contributed by atoms with Crippen molar-refractivity contribution in [2.45, 2.75) is 27.2 Å². The predicted octanol–water partition coefficient (Wildman–Crippen LogP) is 3.52. The van der Waals surface area contributed by atoms with Gasteiger partial charge in [0.2, 0.25) is 0 Å². The quantitative estimate of drug-likeness (QED) is 0.790. The number of Topliss-reactive ketones (excluding diaryl/α,β-unsaturated/α-hetero) is 1. The zero-order valence-corrected chi connectivity index (χ0v) is 12.2. The molecule has 2 rings (SSSR count). The molecule has 20 heavy (non-hydrogen) atoms. The van der Waals surface area contributed by atoms with Crippen molar-refractivity contribution in [1.29, 1.82) is 0 Å². The standard InChI is InChI=1S/C16H21F2NO/c1-16(2,3)12-6-7-19(9-12)10-15(20)11-4-5-13(17)14(18)8-11/h4-5,8,12H,6-7,9-10H2,1-3H3. The molecule has 4 heteroatoms. The lowest BCUT2D eigenvalue weighted by Crippen LogP contribution is -2.30. The maximum atomic E-state index is 13.1. The van der Waals surface area contributed by atoms with Crippen molar-refractivity contribution in [2.75, 3.05) is 19.6 Å². The molecule has 1 aromatic rings. The first-order chi connectivity index (χ1) is 9.27. The SMILES string of the molecule is CC(C)(C)C1CCN(CC(=O)c2ccc(F)c(F)c2)C1. The molecule has 1 unspecified atom stereocenters. The molecule has 110 valence electrons. The molecule has 2 nitrogen and oxygen atoms in total. The average molecular weight is 281 g/mol. The number of ketones is 1. The fraction of sp³-hybridized carbons (Fsp3) is 0.562. The van der Waals surface area contributed by atoms with E-state index in [0.29, 0.717) is 5.92 Å². The summed E-state index contributed by atoms with van der Waals surface area (Å²) in [6.45, 7) is 8.67. The summed E-state index contributed by atoms with van der Waals surface area (Å²) >= 11 is 0. The van der Waals surface area contributed by atoms with Crippen LogP contribution >= 0.6 is 0 Å². The maximum absolute atomic E-state index is 13.1. The molecule has 1 aliphatic rings. The van der Waals surface area contributed by atoms with Gasteiger partial charge in [-0.1, -0.05) is 20.8 Å².